The van der Waals surface area contributed by atoms with Crippen LogP contribution in [0.25, 0.3) is 6.08 Å². The third kappa shape index (κ3) is 1.55. The van der Waals surface area contributed by atoms with Gasteiger partial charge in [0.15, 0.2) is 6.23 Å². The van der Waals surface area contributed by atoms with Gasteiger partial charge in [0.2, 0.25) is 5.91 Å². The SMILES string of the molecule is O=C([O-])C1/C(=C/c2ccccc2)OC2CC(=O)N21. The molecule has 2 aliphatic rings. The zero-order valence-electron chi connectivity index (χ0n) is 9.41. The molecule has 0 bridgehead atoms. The molecule has 0 aromatic heterocycles. The molecular weight excluding hydrogens is 234 g/mol. The third-order valence-corrected chi connectivity index (χ3v) is 3.10. The van der Waals surface area contributed by atoms with Crippen molar-refractivity contribution in [3.8, 4) is 0 Å². The van der Waals surface area contributed by atoms with Crippen molar-refractivity contribution in [1.29, 1.82) is 0 Å². The van der Waals surface area contributed by atoms with Crippen molar-refractivity contribution in [2.45, 2.75) is 18.7 Å². The van der Waals surface area contributed by atoms with Gasteiger partial charge in [0.25, 0.3) is 0 Å². The molecule has 18 heavy (non-hydrogen) atoms. The molecule has 0 radical (unpaired) electrons. The van der Waals surface area contributed by atoms with E-state index >= 15 is 0 Å². The first-order valence-corrected chi connectivity index (χ1v) is 5.62. The molecule has 92 valence electrons. The second-order valence-electron chi connectivity index (χ2n) is 4.26. The maximum Gasteiger partial charge on any atom is 0.232 e. The summed E-state index contributed by atoms with van der Waals surface area (Å²) in [7, 11) is 0. The van der Waals surface area contributed by atoms with Gasteiger partial charge in [-0.25, -0.2) is 0 Å². The Bertz CT molecular complexity index is 537. The van der Waals surface area contributed by atoms with E-state index in [1.165, 1.54) is 4.90 Å². The number of rotatable bonds is 2. The highest BCUT2D eigenvalue weighted by molar-refractivity contribution is 5.91. The van der Waals surface area contributed by atoms with Crippen molar-refractivity contribution in [3.63, 3.8) is 0 Å². The highest BCUT2D eigenvalue weighted by Gasteiger charge is 2.51. The summed E-state index contributed by atoms with van der Waals surface area (Å²) in [4.78, 5) is 23.7. The average Bonchev–Trinajstić information content (AvgIpc) is 2.63. The zero-order chi connectivity index (χ0) is 12.7. The summed E-state index contributed by atoms with van der Waals surface area (Å²) in [6.45, 7) is 0. The minimum absolute atomic E-state index is 0.217. The lowest BCUT2D eigenvalue weighted by molar-refractivity contribution is -0.310. The van der Waals surface area contributed by atoms with Gasteiger partial charge < -0.3 is 14.6 Å². The largest absolute Gasteiger partial charge is 0.547 e. The molecule has 0 saturated carbocycles. The van der Waals surface area contributed by atoms with E-state index in [9.17, 15) is 14.7 Å². The number of fused-ring (bicyclic) bond motifs is 1. The molecule has 2 atom stereocenters. The van der Waals surface area contributed by atoms with E-state index in [0.717, 1.165) is 5.56 Å². The zero-order valence-corrected chi connectivity index (χ0v) is 9.41. The van der Waals surface area contributed by atoms with Crippen molar-refractivity contribution >= 4 is 18.0 Å². The molecule has 0 aliphatic carbocycles. The predicted octanol–water partition coefficient (Wildman–Crippen LogP) is -0.265. The van der Waals surface area contributed by atoms with Gasteiger partial charge in [-0.15, -0.1) is 0 Å². The molecule has 2 aliphatic heterocycles. The van der Waals surface area contributed by atoms with Crippen LogP contribution in [0, 0.1) is 0 Å². The summed E-state index contributed by atoms with van der Waals surface area (Å²) in [6, 6.07) is 8.12. The van der Waals surface area contributed by atoms with Gasteiger partial charge in [-0.05, 0) is 11.6 Å². The summed E-state index contributed by atoms with van der Waals surface area (Å²) in [5.41, 5.74) is 0.827. The fourth-order valence-corrected chi connectivity index (χ4v) is 2.22. The second kappa shape index (κ2) is 3.87. The third-order valence-electron chi connectivity index (χ3n) is 3.10. The molecule has 1 aromatic carbocycles. The van der Waals surface area contributed by atoms with Gasteiger partial charge in [0.1, 0.15) is 11.8 Å². The summed E-state index contributed by atoms with van der Waals surface area (Å²) in [6.07, 6.45) is 1.41. The number of nitrogens with zero attached hydrogens (tertiary/aromatic N) is 1. The molecule has 1 amide bonds. The van der Waals surface area contributed by atoms with E-state index in [0.29, 0.717) is 0 Å². The Morgan fingerprint density at radius 1 is 1.39 bits per heavy atom. The first kappa shape index (κ1) is 10.8. The molecule has 2 fully saturated rings. The molecule has 3 rings (SSSR count). The number of amides is 1. The van der Waals surface area contributed by atoms with Gasteiger partial charge in [0.05, 0.1) is 12.4 Å². The molecule has 1 aromatic rings. The van der Waals surface area contributed by atoms with Crippen molar-refractivity contribution in [3.05, 3.63) is 41.7 Å². The Labute approximate surface area is 103 Å². The van der Waals surface area contributed by atoms with E-state index in [1.54, 1.807) is 6.08 Å². The van der Waals surface area contributed by atoms with Crippen LogP contribution in [0.15, 0.2) is 36.1 Å². The Hall–Kier alpha value is -2.30. The lowest BCUT2D eigenvalue weighted by atomic mass is 10.1. The molecule has 2 saturated heterocycles. The standard InChI is InChI=1S/C13H11NO4/c15-10-7-11-14(10)12(13(16)17)9(18-11)6-8-4-2-1-3-5-8/h1-6,11-12H,7H2,(H,16,17)/p-1/b9-6-. The number of carbonyl (C=O) groups is 2. The summed E-state index contributed by atoms with van der Waals surface area (Å²) >= 11 is 0. The highest BCUT2D eigenvalue weighted by Crippen LogP contribution is 2.36. The number of hydrogen-bond donors (Lipinski definition) is 0. The van der Waals surface area contributed by atoms with Crippen LogP contribution < -0.4 is 5.11 Å². The Balaban J connectivity index is 1.94. The first-order chi connectivity index (χ1) is 8.66. The van der Waals surface area contributed by atoms with Crippen molar-refractivity contribution in [2.75, 3.05) is 0 Å². The fourth-order valence-electron chi connectivity index (χ4n) is 2.22. The lowest BCUT2D eigenvalue weighted by Crippen LogP contribution is -2.57. The number of carbonyl (C=O) groups excluding carboxylic acids is 2. The monoisotopic (exact) mass is 244 g/mol. The molecule has 5 heteroatoms. The number of aliphatic carboxylic acids is 1. The normalized spacial score (nSPS) is 27.7. The maximum atomic E-state index is 11.4. The molecule has 5 nitrogen and oxygen atoms in total. The van der Waals surface area contributed by atoms with E-state index in [4.69, 9.17) is 4.74 Å². The van der Waals surface area contributed by atoms with Crippen molar-refractivity contribution in [2.24, 2.45) is 0 Å². The van der Waals surface area contributed by atoms with Gasteiger partial charge in [-0.3, -0.25) is 9.69 Å². The Kier molecular flexibility index (Phi) is 2.33. The van der Waals surface area contributed by atoms with Crippen molar-refractivity contribution < 1.29 is 19.4 Å². The van der Waals surface area contributed by atoms with Crippen LogP contribution >= 0.6 is 0 Å². The quantitative estimate of drug-likeness (QED) is 0.672. The molecule has 2 heterocycles. The van der Waals surface area contributed by atoms with Crippen molar-refractivity contribution in [1.82, 2.24) is 4.90 Å². The summed E-state index contributed by atoms with van der Waals surface area (Å²) in [5, 5.41) is 11.1. The minimum Gasteiger partial charge on any atom is -0.547 e. The first-order valence-electron chi connectivity index (χ1n) is 5.62. The van der Waals surface area contributed by atoms with Gasteiger partial charge in [-0.2, -0.15) is 0 Å². The summed E-state index contributed by atoms with van der Waals surface area (Å²) in [5.74, 6) is -1.27. The van der Waals surface area contributed by atoms with Crippen LogP contribution in [0.4, 0.5) is 0 Å². The highest BCUT2D eigenvalue weighted by atomic mass is 16.5. The number of carboxylic acid groups (broad SMARTS) is 1. The number of benzene rings is 1. The van der Waals surface area contributed by atoms with Crippen LogP contribution in [0.5, 0.6) is 0 Å². The number of β-lactam (4-membered cyclic amide) rings is 1. The van der Waals surface area contributed by atoms with Gasteiger partial charge in [-0.1, -0.05) is 30.3 Å². The number of carboxylic acids is 1. The van der Waals surface area contributed by atoms with E-state index < -0.39 is 18.2 Å². The number of hydrogen-bond acceptors (Lipinski definition) is 4. The summed E-state index contributed by atoms with van der Waals surface area (Å²) < 4.78 is 5.45. The van der Waals surface area contributed by atoms with E-state index in [-0.39, 0.29) is 18.1 Å². The molecular formula is C13H10NO4-. The van der Waals surface area contributed by atoms with Crippen LogP contribution in [0.1, 0.15) is 12.0 Å². The Morgan fingerprint density at radius 2 is 2.11 bits per heavy atom. The topological polar surface area (TPSA) is 69.7 Å². The molecule has 0 N–H and O–H groups in total. The minimum atomic E-state index is -1.31. The lowest BCUT2D eigenvalue weighted by Gasteiger charge is -2.35. The average molecular weight is 244 g/mol. The fraction of sp³-hybridized carbons (Fsp3) is 0.231. The van der Waals surface area contributed by atoms with Crippen LogP contribution in [0.2, 0.25) is 0 Å². The van der Waals surface area contributed by atoms with Crippen LogP contribution in [-0.4, -0.2) is 29.0 Å². The Morgan fingerprint density at radius 3 is 2.72 bits per heavy atom. The van der Waals surface area contributed by atoms with Crippen LogP contribution in [-0.2, 0) is 14.3 Å². The van der Waals surface area contributed by atoms with Crippen LogP contribution in [0.3, 0.4) is 0 Å². The molecule has 2 unspecified atom stereocenters. The smallest absolute Gasteiger partial charge is 0.232 e. The van der Waals surface area contributed by atoms with E-state index in [1.807, 2.05) is 30.3 Å². The van der Waals surface area contributed by atoms with Gasteiger partial charge in [0, 0.05) is 0 Å². The maximum absolute atomic E-state index is 11.4. The molecule has 0 spiro atoms. The van der Waals surface area contributed by atoms with Gasteiger partial charge >= 0.3 is 0 Å². The van der Waals surface area contributed by atoms with E-state index in [2.05, 4.69) is 0 Å². The predicted molar refractivity (Wildman–Crippen MR) is 59.6 cm³/mol. The number of ether oxygens (including phenoxy) is 1. The second-order valence-corrected chi connectivity index (χ2v) is 4.26.